The number of amides is 1. The zero-order chi connectivity index (χ0) is 32.2. The number of carbonyl (C=O) groups excluding carboxylic acids is 4. The van der Waals surface area contributed by atoms with Gasteiger partial charge in [0.2, 0.25) is 11.8 Å². The van der Waals surface area contributed by atoms with Crippen molar-refractivity contribution in [1.29, 1.82) is 0 Å². The van der Waals surface area contributed by atoms with E-state index in [9.17, 15) is 29.1 Å². The number of ketones is 2. The van der Waals surface area contributed by atoms with Crippen molar-refractivity contribution in [1.82, 2.24) is 15.1 Å². The minimum Gasteiger partial charge on any atom is -0.481 e. The number of carbonyl (C=O) groups is 5. The molecule has 3 aromatic rings. The highest BCUT2D eigenvalue weighted by atomic mass is 16.5. The van der Waals surface area contributed by atoms with Gasteiger partial charge in [0.15, 0.2) is 11.6 Å². The Kier molecular flexibility index (Phi) is 12.4. The molecule has 2 N–H and O–H groups in total. The van der Waals surface area contributed by atoms with Gasteiger partial charge in [0, 0.05) is 18.4 Å². The Morgan fingerprint density at radius 3 is 2.14 bits per heavy atom. The van der Waals surface area contributed by atoms with Crippen molar-refractivity contribution in [2.24, 2.45) is 17.8 Å². The molecule has 0 aliphatic rings. The van der Waals surface area contributed by atoms with Crippen LogP contribution in [0.25, 0.3) is 5.69 Å². The average molecular weight is 606 g/mol. The quantitative estimate of drug-likeness (QED) is 0.217. The molecule has 0 saturated carbocycles. The van der Waals surface area contributed by atoms with Crippen molar-refractivity contribution in [2.75, 3.05) is 6.61 Å². The van der Waals surface area contributed by atoms with E-state index in [1.54, 1.807) is 26.8 Å². The van der Waals surface area contributed by atoms with Gasteiger partial charge >= 0.3 is 11.9 Å². The van der Waals surface area contributed by atoms with Gasteiger partial charge in [-0.25, -0.2) is 4.68 Å². The molecular formula is C33H39N3O8. The second-order valence-electron chi connectivity index (χ2n) is 11.0. The van der Waals surface area contributed by atoms with Gasteiger partial charge in [-0.3, -0.25) is 24.0 Å². The molecule has 1 aromatic heterocycles. The normalized spacial score (nSPS) is 13.0. The number of nitrogens with one attached hydrogen (secondary N) is 1. The first-order chi connectivity index (χ1) is 20.9. The van der Waals surface area contributed by atoms with Crippen LogP contribution in [0.2, 0.25) is 0 Å². The zero-order valence-electron chi connectivity index (χ0n) is 25.4. The van der Waals surface area contributed by atoms with Crippen LogP contribution >= 0.6 is 0 Å². The largest absolute Gasteiger partial charge is 0.481 e. The minimum absolute atomic E-state index is 0.0813. The standard InChI is InChI=1S/C33H39N3O8/c1-21(2)27(18-32(41)44-19-24-11-7-5-8-12-24)33(42)34-23(4)28(37)16-25(17-31(39)40)29(38)20-43-30-15-22(3)35-36(30)26-13-9-6-10-14-26/h5-15,21,23,25,27H,16-20H2,1-4H3,(H,34,42)(H,39,40)/t23-,25-,27-/m0/s1. The number of nitrogens with zero attached hydrogens (tertiary/aromatic N) is 2. The molecular weight excluding hydrogens is 566 g/mol. The van der Waals surface area contributed by atoms with Crippen molar-refractivity contribution in [3.05, 3.63) is 78.0 Å². The fraction of sp³-hybridized carbons (Fsp3) is 0.394. The van der Waals surface area contributed by atoms with Gasteiger partial charge in [-0.2, -0.15) is 5.10 Å². The summed E-state index contributed by atoms with van der Waals surface area (Å²) in [5, 5.41) is 16.4. The van der Waals surface area contributed by atoms with Crippen molar-refractivity contribution in [3.8, 4) is 11.6 Å². The molecule has 44 heavy (non-hydrogen) atoms. The maximum Gasteiger partial charge on any atom is 0.306 e. The molecule has 0 bridgehead atoms. The van der Waals surface area contributed by atoms with Crippen molar-refractivity contribution in [2.45, 2.75) is 59.6 Å². The van der Waals surface area contributed by atoms with Crippen molar-refractivity contribution >= 4 is 29.4 Å². The van der Waals surface area contributed by atoms with Gasteiger partial charge in [0.1, 0.15) is 13.2 Å². The summed E-state index contributed by atoms with van der Waals surface area (Å²) in [5.41, 5.74) is 2.19. The SMILES string of the molecule is Cc1cc(OCC(=O)[C@H](CC(=O)O)CC(=O)[C@H](C)NC(=O)[C@@H](CC(=O)OCc2ccccc2)C(C)C)n(-c2ccccc2)n1. The molecule has 11 heteroatoms. The molecule has 11 nitrogen and oxygen atoms in total. The fourth-order valence-electron chi connectivity index (χ4n) is 4.53. The summed E-state index contributed by atoms with van der Waals surface area (Å²) in [6.07, 6.45) is -1.15. The number of rotatable bonds is 17. The number of hydrogen-bond acceptors (Lipinski definition) is 8. The minimum atomic E-state index is -1.24. The first-order valence-corrected chi connectivity index (χ1v) is 14.5. The Morgan fingerprint density at radius 2 is 1.52 bits per heavy atom. The lowest BCUT2D eigenvalue weighted by atomic mass is 9.90. The molecule has 3 rings (SSSR count). The lowest BCUT2D eigenvalue weighted by Crippen LogP contribution is -2.44. The zero-order valence-corrected chi connectivity index (χ0v) is 25.4. The Bertz CT molecular complexity index is 1440. The third kappa shape index (κ3) is 10.2. The van der Waals surface area contributed by atoms with Crippen molar-refractivity contribution < 1.29 is 38.6 Å². The lowest BCUT2D eigenvalue weighted by molar-refractivity contribution is -0.149. The van der Waals surface area contributed by atoms with Gasteiger partial charge in [0.05, 0.1) is 36.2 Å². The van der Waals surface area contributed by atoms with Crippen LogP contribution in [0.5, 0.6) is 5.88 Å². The number of aromatic nitrogens is 2. The number of esters is 1. The van der Waals surface area contributed by atoms with E-state index in [-0.39, 0.29) is 18.9 Å². The van der Waals surface area contributed by atoms with Crippen LogP contribution in [-0.4, -0.2) is 56.9 Å². The summed E-state index contributed by atoms with van der Waals surface area (Å²) in [7, 11) is 0. The van der Waals surface area contributed by atoms with Gasteiger partial charge < -0.3 is 19.9 Å². The molecule has 3 atom stereocenters. The average Bonchev–Trinajstić information content (AvgIpc) is 3.37. The molecule has 0 saturated heterocycles. The third-order valence-electron chi connectivity index (χ3n) is 7.10. The van der Waals surface area contributed by atoms with Gasteiger partial charge in [0.25, 0.3) is 0 Å². The van der Waals surface area contributed by atoms with Gasteiger partial charge in [-0.05, 0) is 37.5 Å². The van der Waals surface area contributed by atoms with Gasteiger partial charge in [-0.15, -0.1) is 0 Å². The molecule has 0 aliphatic carbocycles. The Labute approximate surface area is 256 Å². The number of hydrogen-bond donors (Lipinski definition) is 2. The number of ether oxygens (including phenoxy) is 2. The van der Waals surface area contributed by atoms with E-state index < -0.39 is 66.7 Å². The molecule has 0 spiro atoms. The van der Waals surface area contributed by atoms with E-state index in [1.165, 1.54) is 11.6 Å². The maximum atomic E-state index is 13.1. The Balaban J connectivity index is 1.58. The highest BCUT2D eigenvalue weighted by Gasteiger charge is 2.31. The van der Waals surface area contributed by atoms with E-state index in [1.807, 2.05) is 60.7 Å². The van der Waals surface area contributed by atoms with E-state index in [4.69, 9.17) is 9.47 Å². The number of benzene rings is 2. The number of carboxylic acids is 1. The topological polar surface area (TPSA) is 154 Å². The lowest BCUT2D eigenvalue weighted by Gasteiger charge is -2.23. The van der Waals surface area contributed by atoms with Crippen LogP contribution in [0.1, 0.15) is 51.3 Å². The van der Waals surface area contributed by atoms with E-state index >= 15 is 0 Å². The molecule has 2 aromatic carbocycles. The fourth-order valence-corrected chi connectivity index (χ4v) is 4.53. The number of Topliss-reactive ketones (excluding diaryl/α,β-unsaturated/α-hetero) is 2. The molecule has 234 valence electrons. The van der Waals surface area contributed by atoms with Crippen LogP contribution in [0.4, 0.5) is 0 Å². The van der Waals surface area contributed by atoms with Crippen molar-refractivity contribution in [3.63, 3.8) is 0 Å². The molecule has 1 amide bonds. The summed E-state index contributed by atoms with van der Waals surface area (Å²) in [4.78, 5) is 63.2. The molecule has 0 radical (unpaired) electrons. The van der Waals surface area contributed by atoms with Crippen LogP contribution in [0.3, 0.4) is 0 Å². The highest BCUT2D eigenvalue weighted by Crippen LogP contribution is 2.21. The molecule has 0 fully saturated rings. The van der Waals surface area contributed by atoms with E-state index in [0.717, 1.165) is 5.56 Å². The van der Waals surface area contributed by atoms with Crippen LogP contribution in [0.15, 0.2) is 66.7 Å². The summed E-state index contributed by atoms with van der Waals surface area (Å²) >= 11 is 0. The second-order valence-corrected chi connectivity index (χ2v) is 11.0. The summed E-state index contributed by atoms with van der Waals surface area (Å²) in [5.74, 6) is -5.23. The molecule has 1 heterocycles. The summed E-state index contributed by atoms with van der Waals surface area (Å²) < 4.78 is 12.6. The van der Waals surface area contributed by atoms with Crippen LogP contribution < -0.4 is 10.1 Å². The molecule has 0 aliphatic heterocycles. The first kappa shape index (κ1) is 33.7. The van der Waals surface area contributed by atoms with Gasteiger partial charge in [-0.1, -0.05) is 62.4 Å². The number of carboxylic acid groups (broad SMARTS) is 1. The summed E-state index contributed by atoms with van der Waals surface area (Å²) in [6, 6.07) is 18.9. The second kappa shape index (κ2) is 16.2. The number of aryl methyl sites for hydroxylation is 1. The smallest absolute Gasteiger partial charge is 0.306 e. The Morgan fingerprint density at radius 1 is 0.886 bits per heavy atom. The van der Waals surface area contributed by atoms with Crippen LogP contribution in [0, 0.1) is 24.7 Å². The Hall–Kier alpha value is -4.80. The highest BCUT2D eigenvalue weighted by molar-refractivity contribution is 5.95. The first-order valence-electron chi connectivity index (χ1n) is 14.5. The summed E-state index contributed by atoms with van der Waals surface area (Å²) in [6.45, 7) is 6.42. The third-order valence-corrected chi connectivity index (χ3v) is 7.10. The maximum absolute atomic E-state index is 13.1. The van der Waals surface area contributed by atoms with Crippen LogP contribution in [-0.2, 0) is 35.3 Å². The monoisotopic (exact) mass is 605 g/mol. The predicted octanol–water partition coefficient (Wildman–Crippen LogP) is 4.09. The molecule has 0 unspecified atom stereocenters. The van der Waals surface area contributed by atoms with E-state index in [0.29, 0.717) is 17.3 Å². The number of aliphatic carboxylic acids is 1. The van der Waals surface area contributed by atoms with E-state index in [2.05, 4.69) is 10.4 Å². The number of para-hydroxylation sites is 1. The predicted molar refractivity (Wildman–Crippen MR) is 161 cm³/mol.